The molecule has 31 heavy (non-hydrogen) atoms. The number of aromatic nitrogens is 3. The molecule has 0 aliphatic heterocycles. The first-order valence-corrected chi connectivity index (χ1v) is 10.2. The SMILES string of the molecule is CC(C)N(Cc1ccc(C#N)cc1)C(=O)c1cnc2c(cnn2Cc2ccccc2)c1. The van der Waals surface area contributed by atoms with E-state index in [-0.39, 0.29) is 11.9 Å². The number of hydrogen-bond donors (Lipinski definition) is 0. The summed E-state index contributed by atoms with van der Waals surface area (Å²) in [6.45, 7) is 5.08. The molecule has 0 bridgehead atoms. The Morgan fingerprint density at radius 3 is 2.48 bits per heavy atom. The molecule has 6 nitrogen and oxygen atoms in total. The second kappa shape index (κ2) is 8.80. The minimum Gasteiger partial charge on any atom is -0.332 e. The molecule has 2 aromatic heterocycles. The second-order valence-electron chi connectivity index (χ2n) is 7.76. The van der Waals surface area contributed by atoms with E-state index in [0.29, 0.717) is 24.2 Å². The van der Waals surface area contributed by atoms with Crippen molar-refractivity contribution < 1.29 is 4.79 Å². The van der Waals surface area contributed by atoms with Crippen molar-refractivity contribution in [2.45, 2.75) is 33.0 Å². The van der Waals surface area contributed by atoms with E-state index in [2.05, 4.69) is 28.3 Å². The van der Waals surface area contributed by atoms with Crippen molar-refractivity contribution in [2.24, 2.45) is 0 Å². The van der Waals surface area contributed by atoms with Gasteiger partial charge in [0.25, 0.3) is 5.91 Å². The van der Waals surface area contributed by atoms with Crippen LogP contribution in [-0.4, -0.2) is 31.6 Å². The molecule has 4 aromatic rings. The van der Waals surface area contributed by atoms with Crippen molar-refractivity contribution in [3.8, 4) is 6.07 Å². The first-order chi connectivity index (χ1) is 15.0. The van der Waals surface area contributed by atoms with E-state index in [9.17, 15) is 4.79 Å². The number of carbonyl (C=O) groups is 1. The normalized spacial score (nSPS) is 10.9. The number of hydrogen-bond acceptors (Lipinski definition) is 4. The third-order valence-electron chi connectivity index (χ3n) is 5.22. The van der Waals surface area contributed by atoms with Crippen LogP contribution < -0.4 is 0 Å². The summed E-state index contributed by atoms with van der Waals surface area (Å²) in [7, 11) is 0. The van der Waals surface area contributed by atoms with Gasteiger partial charge in [0.15, 0.2) is 5.65 Å². The van der Waals surface area contributed by atoms with Crippen LogP contribution in [0.4, 0.5) is 0 Å². The van der Waals surface area contributed by atoms with Gasteiger partial charge in [-0.25, -0.2) is 9.67 Å². The Morgan fingerprint density at radius 2 is 1.81 bits per heavy atom. The lowest BCUT2D eigenvalue weighted by Crippen LogP contribution is -2.36. The standard InChI is InChI=1S/C25H23N5O/c1-18(2)29(16-21-10-8-19(13-26)9-11-21)25(31)23-12-22-15-28-30(24(22)27-14-23)17-20-6-4-3-5-7-20/h3-12,14-15,18H,16-17H2,1-2H3. The molecule has 0 aliphatic rings. The van der Waals surface area contributed by atoms with E-state index in [1.807, 2.05) is 54.9 Å². The highest BCUT2D eigenvalue weighted by atomic mass is 16.2. The van der Waals surface area contributed by atoms with Crippen molar-refractivity contribution in [2.75, 3.05) is 0 Å². The van der Waals surface area contributed by atoms with Gasteiger partial charge in [-0.1, -0.05) is 42.5 Å². The summed E-state index contributed by atoms with van der Waals surface area (Å²) in [6.07, 6.45) is 3.38. The zero-order chi connectivity index (χ0) is 21.8. The lowest BCUT2D eigenvalue weighted by Gasteiger charge is -2.27. The van der Waals surface area contributed by atoms with Crippen LogP contribution >= 0.6 is 0 Å². The Morgan fingerprint density at radius 1 is 1.06 bits per heavy atom. The van der Waals surface area contributed by atoms with E-state index >= 15 is 0 Å². The summed E-state index contributed by atoms with van der Waals surface area (Å²) in [6, 6.07) is 21.4. The first-order valence-electron chi connectivity index (χ1n) is 10.2. The zero-order valence-corrected chi connectivity index (χ0v) is 17.6. The van der Waals surface area contributed by atoms with Crippen LogP contribution in [-0.2, 0) is 13.1 Å². The highest BCUT2D eigenvalue weighted by Crippen LogP contribution is 2.18. The van der Waals surface area contributed by atoms with E-state index in [1.54, 1.807) is 29.4 Å². The van der Waals surface area contributed by atoms with Gasteiger partial charge in [0.05, 0.1) is 29.9 Å². The number of pyridine rings is 1. The molecule has 1 amide bonds. The molecule has 2 heterocycles. The van der Waals surface area contributed by atoms with Crippen LogP contribution in [0.3, 0.4) is 0 Å². The van der Waals surface area contributed by atoms with Crippen molar-refractivity contribution in [3.05, 3.63) is 95.3 Å². The quantitative estimate of drug-likeness (QED) is 0.473. The summed E-state index contributed by atoms with van der Waals surface area (Å²) < 4.78 is 1.84. The van der Waals surface area contributed by atoms with Crippen LogP contribution in [0.15, 0.2) is 73.1 Å². The molecule has 0 spiro atoms. The number of amides is 1. The molecule has 154 valence electrons. The third kappa shape index (κ3) is 4.46. The molecule has 0 aliphatic carbocycles. The smallest absolute Gasteiger partial charge is 0.255 e. The maximum absolute atomic E-state index is 13.3. The van der Waals surface area contributed by atoms with Crippen molar-refractivity contribution in [3.63, 3.8) is 0 Å². The molecule has 0 atom stereocenters. The lowest BCUT2D eigenvalue weighted by atomic mass is 10.1. The highest BCUT2D eigenvalue weighted by Gasteiger charge is 2.20. The summed E-state index contributed by atoms with van der Waals surface area (Å²) in [5, 5.41) is 14.3. The van der Waals surface area contributed by atoms with Crippen molar-refractivity contribution >= 4 is 16.9 Å². The number of carbonyl (C=O) groups excluding carboxylic acids is 1. The Balaban J connectivity index is 1.57. The lowest BCUT2D eigenvalue weighted by molar-refractivity contribution is 0.0690. The third-order valence-corrected chi connectivity index (χ3v) is 5.22. The number of nitrogens with zero attached hydrogens (tertiary/aromatic N) is 5. The average molecular weight is 409 g/mol. The first kappa shape index (κ1) is 20.3. The molecule has 0 saturated carbocycles. The fourth-order valence-corrected chi connectivity index (χ4v) is 3.50. The van der Waals surface area contributed by atoms with Gasteiger partial charge in [0.1, 0.15) is 0 Å². The van der Waals surface area contributed by atoms with Gasteiger partial charge >= 0.3 is 0 Å². The topological polar surface area (TPSA) is 74.8 Å². The van der Waals surface area contributed by atoms with Gasteiger partial charge in [-0.3, -0.25) is 4.79 Å². The van der Waals surface area contributed by atoms with Crippen molar-refractivity contribution in [1.82, 2.24) is 19.7 Å². The van der Waals surface area contributed by atoms with Crippen LogP contribution in [0.2, 0.25) is 0 Å². The number of fused-ring (bicyclic) bond motifs is 1. The molecular weight excluding hydrogens is 386 g/mol. The molecule has 0 unspecified atom stereocenters. The Bertz CT molecular complexity index is 1240. The van der Waals surface area contributed by atoms with Gasteiger partial charge in [-0.2, -0.15) is 10.4 Å². The maximum Gasteiger partial charge on any atom is 0.255 e. The van der Waals surface area contributed by atoms with Gasteiger partial charge in [0, 0.05) is 24.2 Å². The highest BCUT2D eigenvalue weighted by molar-refractivity contribution is 5.97. The van der Waals surface area contributed by atoms with Crippen LogP contribution in [0.25, 0.3) is 11.0 Å². The van der Waals surface area contributed by atoms with Gasteiger partial charge < -0.3 is 4.90 Å². The van der Waals surface area contributed by atoms with E-state index in [0.717, 1.165) is 22.2 Å². The molecule has 0 radical (unpaired) electrons. The number of nitriles is 1. The predicted octanol–water partition coefficient (Wildman–Crippen LogP) is 4.40. The van der Waals surface area contributed by atoms with E-state index in [4.69, 9.17) is 5.26 Å². The molecular formula is C25H23N5O. The van der Waals surface area contributed by atoms with E-state index in [1.165, 1.54) is 0 Å². The Labute approximate surface area is 181 Å². The Hall–Kier alpha value is -3.98. The summed E-state index contributed by atoms with van der Waals surface area (Å²) in [5.41, 5.74) is 4.01. The molecule has 4 rings (SSSR count). The molecule has 2 aromatic carbocycles. The van der Waals surface area contributed by atoms with Crippen LogP contribution in [0, 0.1) is 11.3 Å². The summed E-state index contributed by atoms with van der Waals surface area (Å²) >= 11 is 0. The Kier molecular flexibility index (Phi) is 5.76. The minimum atomic E-state index is -0.0791. The molecule has 0 saturated heterocycles. The van der Waals surface area contributed by atoms with Gasteiger partial charge in [0.2, 0.25) is 0 Å². The van der Waals surface area contributed by atoms with Gasteiger partial charge in [-0.05, 0) is 43.2 Å². The van der Waals surface area contributed by atoms with Crippen molar-refractivity contribution in [1.29, 1.82) is 5.26 Å². The maximum atomic E-state index is 13.3. The fourth-order valence-electron chi connectivity index (χ4n) is 3.50. The fraction of sp³-hybridized carbons (Fsp3) is 0.200. The number of rotatable bonds is 6. The summed E-state index contributed by atoms with van der Waals surface area (Å²) in [4.78, 5) is 19.6. The molecule has 0 fully saturated rings. The van der Waals surface area contributed by atoms with Crippen LogP contribution in [0.1, 0.15) is 40.9 Å². The predicted molar refractivity (Wildman–Crippen MR) is 119 cm³/mol. The van der Waals surface area contributed by atoms with Crippen LogP contribution in [0.5, 0.6) is 0 Å². The molecule has 6 heteroatoms. The largest absolute Gasteiger partial charge is 0.332 e. The summed E-state index contributed by atoms with van der Waals surface area (Å²) in [5.74, 6) is -0.0791. The van der Waals surface area contributed by atoms with E-state index < -0.39 is 0 Å². The molecule has 0 N–H and O–H groups in total. The monoisotopic (exact) mass is 409 g/mol. The number of benzene rings is 2. The second-order valence-corrected chi connectivity index (χ2v) is 7.76. The minimum absolute atomic E-state index is 0.0136. The average Bonchev–Trinajstić information content (AvgIpc) is 3.20. The zero-order valence-electron chi connectivity index (χ0n) is 17.6. The van der Waals surface area contributed by atoms with Gasteiger partial charge in [-0.15, -0.1) is 0 Å².